The van der Waals surface area contributed by atoms with Crippen LogP contribution in [0.2, 0.25) is 0 Å². The van der Waals surface area contributed by atoms with Crippen molar-refractivity contribution in [2.75, 3.05) is 6.54 Å². The molecule has 4 rings (SSSR count). The molecule has 0 saturated heterocycles. The highest BCUT2D eigenvalue weighted by Crippen LogP contribution is 2.23. The fourth-order valence-electron chi connectivity index (χ4n) is 4.10. The van der Waals surface area contributed by atoms with E-state index in [4.69, 9.17) is 0 Å². The summed E-state index contributed by atoms with van der Waals surface area (Å²) < 4.78 is 1.60. The number of amides is 2. The van der Waals surface area contributed by atoms with E-state index in [1.54, 1.807) is 17.6 Å². The highest BCUT2D eigenvalue weighted by molar-refractivity contribution is 5.93. The molecule has 38 heavy (non-hydrogen) atoms. The van der Waals surface area contributed by atoms with Crippen molar-refractivity contribution < 1.29 is 9.59 Å². The Hall–Kier alpha value is -5.03. The minimum atomic E-state index is -0.524. The summed E-state index contributed by atoms with van der Waals surface area (Å²) in [7, 11) is 0. The van der Waals surface area contributed by atoms with Crippen LogP contribution in [0.4, 0.5) is 0 Å². The van der Waals surface area contributed by atoms with Crippen LogP contribution in [0.5, 0.6) is 0 Å². The Bertz CT molecular complexity index is 1630. The SMILES string of the molecule is C=CC(=O)NCCC#Cc1cccc2cc([C@@H](C)NC(=O)c3nccnc3C)n(-c3ccccc3)c(=O)c12. The lowest BCUT2D eigenvalue weighted by Gasteiger charge is -2.21. The van der Waals surface area contributed by atoms with Crippen LogP contribution in [-0.2, 0) is 4.79 Å². The van der Waals surface area contributed by atoms with Gasteiger partial charge in [0.1, 0.15) is 5.69 Å². The first-order chi connectivity index (χ1) is 18.4. The molecule has 0 fully saturated rings. The molecule has 0 aliphatic carbocycles. The number of para-hydroxylation sites is 1. The third kappa shape index (κ3) is 5.68. The zero-order valence-corrected chi connectivity index (χ0v) is 21.2. The van der Waals surface area contributed by atoms with Crippen LogP contribution in [0, 0.1) is 18.8 Å². The highest BCUT2D eigenvalue weighted by atomic mass is 16.2. The number of benzene rings is 2. The second-order valence-corrected chi connectivity index (χ2v) is 8.55. The van der Waals surface area contributed by atoms with Crippen molar-refractivity contribution >= 4 is 22.6 Å². The van der Waals surface area contributed by atoms with Gasteiger partial charge in [-0.3, -0.25) is 23.9 Å². The van der Waals surface area contributed by atoms with Crippen molar-refractivity contribution in [3.63, 3.8) is 0 Å². The fourth-order valence-corrected chi connectivity index (χ4v) is 4.10. The fraction of sp³-hybridized carbons (Fsp3) is 0.167. The zero-order valence-electron chi connectivity index (χ0n) is 21.2. The number of nitrogens with zero attached hydrogens (tertiary/aromatic N) is 3. The van der Waals surface area contributed by atoms with Crippen LogP contribution in [-0.4, -0.2) is 32.9 Å². The number of rotatable bonds is 7. The van der Waals surface area contributed by atoms with Crippen molar-refractivity contribution in [2.45, 2.75) is 26.3 Å². The van der Waals surface area contributed by atoms with E-state index in [-0.39, 0.29) is 23.1 Å². The lowest BCUT2D eigenvalue weighted by atomic mass is 10.0. The van der Waals surface area contributed by atoms with Crippen LogP contribution < -0.4 is 16.2 Å². The summed E-state index contributed by atoms with van der Waals surface area (Å²) >= 11 is 0. The van der Waals surface area contributed by atoms with Gasteiger partial charge >= 0.3 is 0 Å². The van der Waals surface area contributed by atoms with Crippen LogP contribution in [0.1, 0.15) is 46.8 Å². The van der Waals surface area contributed by atoms with Crippen molar-refractivity contribution in [3.8, 4) is 17.5 Å². The average Bonchev–Trinajstić information content (AvgIpc) is 2.93. The second-order valence-electron chi connectivity index (χ2n) is 8.55. The van der Waals surface area contributed by atoms with E-state index in [9.17, 15) is 14.4 Å². The Morgan fingerprint density at radius 1 is 1.11 bits per heavy atom. The van der Waals surface area contributed by atoms with Crippen molar-refractivity contribution in [1.29, 1.82) is 0 Å². The molecule has 2 N–H and O–H groups in total. The summed E-state index contributed by atoms with van der Waals surface area (Å²) in [6.07, 6.45) is 4.63. The van der Waals surface area contributed by atoms with Gasteiger partial charge in [-0.2, -0.15) is 0 Å². The second kappa shape index (κ2) is 11.8. The third-order valence-electron chi connectivity index (χ3n) is 5.93. The van der Waals surface area contributed by atoms with E-state index < -0.39 is 6.04 Å². The maximum atomic E-state index is 14.0. The first-order valence-electron chi connectivity index (χ1n) is 12.1. The Morgan fingerprint density at radius 3 is 2.61 bits per heavy atom. The van der Waals surface area contributed by atoms with Gasteiger partial charge in [0, 0.05) is 42.3 Å². The number of aryl methyl sites for hydroxylation is 1. The largest absolute Gasteiger partial charge is 0.352 e. The maximum Gasteiger partial charge on any atom is 0.272 e. The van der Waals surface area contributed by atoms with Crippen molar-refractivity contribution in [1.82, 2.24) is 25.2 Å². The predicted molar refractivity (Wildman–Crippen MR) is 147 cm³/mol. The van der Waals surface area contributed by atoms with Crippen molar-refractivity contribution in [2.24, 2.45) is 0 Å². The first-order valence-corrected chi connectivity index (χ1v) is 12.1. The average molecular weight is 506 g/mol. The van der Waals surface area contributed by atoms with E-state index in [1.165, 1.54) is 18.5 Å². The number of aromatic nitrogens is 3. The van der Waals surface area contributed by atoms with Gasteiger partial charge in [0.05, 0.1) is 17.1 Å². The van der Waals surface area contributed by atoms with Crippen molar-refractivity contribution in [3.05, 3.63) is 113 Å². The van der Waals surface area contributed by atoms with E-state index in [0.717, 1.165) is 0 Å². The molecule has 0 unspecified atom stereocenters. The molecular weight excluding hydrogens is 478 g/mol. The molecule has 8 nitrogen and oxygen atoms in total. The first kappa shape index (κ1) is 26.0. The normalized spacial score (nSPS) is 11.2. The molecular formula is C30H27N5O3. The van der Waals surface area contributed by atoms with Crippen LogP contribution in [0.3, 0.4) is 0 Å². The van der Waals surface area contributed by atoms with E-state index in [0.29, 0.717) is 46.4 Å². The minimum Gasteiger partial charge on any atom is -0.352 e. The minimum absolute atomic E-state index is 0.232. The standard InChI is InChI=1S/C30H27N5O3/c1-4-26(36)32-16-9-8-11-22-12-10-13-23-19-25(20(2)34-29(37)28-21(3)31-17-18-33-28)35(30(38)27(22)23)24-14-6-5-7-15-24/h4-7,10,12-15,17-20H,1,9,16H2,2-3H3,(H,32,36)(H,34,37)/t20-/m1/s1. The van der Waals surface area contributed by atoms with Gasteiger partial charge in [0.15, 0.2) is 0 Å². The number of nitrogens with one attached hydrogen (secondary N) is 2. The van der Waals surface area contributed by atoms with Gasteiger partial charge in [0.2, 0.25) is 5.91 Å². The number of carbonyl (C=O) groups is 2. The van der Waals surface area contributed by atoms with E-state index >= 15 is 0 Å². The molecule has 1 atom stereocenters. The lowest BCUT2D eigenvalue weighted by Crippen LogP contribution is -2.33. The smallest absolute Gasteiger partial charge is 0.272 e. The van der Waals surface area contributed by atoms with Gasteiger partial charge in [-0.25, -0.2) is 4.98 Å². The predicted octanol–water partition coefficient (Wildman–Crippen LogP) is 3.62. The Balaban J connectivity index is 1.77. The molecule has 0 spiro atoms. The molecule has 0 radical (unpaired) electrons. The van der Waals surface area contributed by atoms with Crippen LogP contribution in [0.15, 0.2) is 84.4 Å². The Kier molecular flexibility index (Phi) is 8.09. The molecule has 0 aliphatic rings. The van der Waals surface area contributed by atoms with Gasteiger partial charge in [-0.05, 0) is 49.6 Å². The molecule has 2 heterocycles. The topological polar surface area (TPSA) is 106 Å². The summed E-state index contributed by atoms with van der Waals surface area (Å²) in [6.45, 7) is 7.35. The van der Waals surface area contributed by atoms with Gasteiger partial charge in [-0.15, -0.1) is 0 Å². The summed E-state index contributed by atoms with van der Waals surface area (Å²) in [6, 6.07) is 16.1. The Labute approximate surface area is 220 Å². The number of hydrogen-bond donors (Lipinski definition) is 2. The van der Waals surface area contributed by atoms with Crippen LogP contribution >= 0.6 is 0 Å². The third-order valence-corrected chi connectivity index (χ3v) is 5.93. The van der Waals surface area contributed by atoms with Gasteiger partial charge < -0.3 is 10.6 Å². The summed E-state index contributed by atoms with van der Waals surface area (Å²) in [4.78, 5) is 46.6. The number of carbonyl (C=O) groups excluding carboxylic acids is 2. The number of fused-ring (bicyclic) bond motifs is 1. The number of pyridine rings is 1. The van der Waals surface area contributed by atoms with Gasteiger partial charge in [0.25, 0.3) is 11.5 Å². The van der Waals surface area contributed by atoms with E-state index in [2.05, 4.69) is 39.0 Å². The lowest BCUT2D eigenvalue weighted by molar-refractivity contribution is -0.116. The molecule has 190 valence electrons. The zero-order chi connectivity index (χ0) is 27.1. The molecule has 2 aromatic heterocycles. The molecule has 8 heteroatoms. The van der Waals surface area contributed by atoms with Gasteiger partial charge in [-0.1, -0.05) is 48.8 Å². The molecule has 0 saturated carbocycles. The van der Waals surface area contributed by atoms with Crippen LogP contribution in [0.25, 0.3) is 16.5 Å². The summed E-state index contributed by atoms with van der Waals surface area (Å²) in [5.41, 5.74) is 2.37. The molecule has 0 bridgehead atoms. The quantitative estimate of drug-likeness (QED) is 0.227. The monoisotopic (exact) mass is 505 g/mol. The number of hydrogen-bond acceptors (Lipinski definition) is 5. The maximum absolute atomic E-state index is 14.0. The summed E-state index contributed by atoms with van der Waals surface area (Å²) in [5, 5.41) is 6.83. The van der Waals surface area contributed by atoms with E-state index in [1.807, 2.05) is 55.5 Å². The molecule has 0 aliphatic heterocycles. The molecule has 4 aromatic rings. The molecule has 2 amide bonds. The summed E-state index contributed by atoms with van der Waals surface area (Å²) in [5.74, 6) is 5.48. The molecule has 2 aromatic carbocycles. The Morgan fingerprint density at radius 2 is 1.87 bits per heavy atom. The highest BCUT2D eigenvalue weighted by Gasteiger charge is 2.21.